The van der Waals surface area contributed by atoms with Crippen molar-refractivity contribution in [2.75, 3.05) is 19.8 Å². The SMILES string of the molecule is CCOCCC1(CN)CCCCCCC1. The quantitative estimate of drug-likeness (QED) is 0.712. The average Bonchev–Trinajstić information content (AvgIpc) is 2.22. The lowest BCUT2D eigenvalue weighted by atomic mass is 9.74. The highest BCUT2D eigenvalue weighted by Gasteiger charge is 2.28. The van der Waals surface area contributed by atoms with Gasteiger partial charge in [0.05, 0.1) is 0 Å². The van der Waals surface area contributed by atoms with Crippen molar-refractivity contribution in [1.29, 1.82) is 0 Å². The zero-order chi connectivity index (χ0) is 11.0. The van der Waals surface area contributed by atoms with Gasteiger partial charge in [0.25, 0.3) is 0 Å². The maximum atomic E-state index is 5.99. The summed E-state index contributed by atoms with van der Waals surface area (Å²) in [6.07, 6.45) is 10.7. The molecule has 0 amide bonds. The Bertz CT molecular complexity index is 151. The van der Waals surface area contributed by atoms with Gasteiger partial charge in [-0.1, -0.05) is 32.1 Å². The lowest BCUT2D eigenvalue weighted by Gasteiger charge is -2.34. The third-order valence-electron chi connectivity index (χ3n) is 3.83. The van der Waals surface area contributed by atoms with E-state index < -0.39 is 0 Å². The first-order chi connectivity index (χ1) is 7.33. The summed E-state index contributed by atoms with van der Waals surface area (Å²) in [7, 11) is 0. The Hall–Kier alpha value is -0.0800. The standard InChI is InChI=1S/C13H27NO/c1-2-15-11-10-13(12-14)8-6-4-3-5-7-9-13/h2-12,14H2,1H3. The minimum atomic E-state index is 0.398. The molecule has 1 rings (SSSR count). The van der Waals surface area contributed by atoms with Crippen molar-refractivity contribution in [2.45, 2.75) is 58.3 Å². The van der Waals surface area contributed by atoms with E-state index in [1.807, 2.05) is 0 Å². The molecule has 0 heterocycles. The summed E-state index contributed by atoms with van der Waals surface area (Å²) in [5.74, 6) is 0. The van der Waals surface area contributed by atoms with Crippen LogP contribution in [-0.2, 0) is 4.74 Å². The Morgan fingerprint density at radius 3 is 2.20 bits per heavy atom. The third-order valence-corrected chi connectivity index (χ3v) is 3.83. The molecule has 0 aliphatic heterocycles. The highest BCUT2D eigenvalue weighted by Crippen LogP contribution is 2.36. The van der Waals surface area contributed by atoms with Crippen LogP contribution in [0.3, 0.4) is 0 Å². The van der Waals surface area contributed by atoms with Crippen LogP contribution in [0.15, 0.2) is 0 Å². The predicted molar refractivity (Wildman–Crippen MR) is 64.9 cm³/mol. The maximum absolute atomic E-state index is 5.99. The highest BCUT2D eigenvalue weighted by molar-refractivity contribution is 4.81. The number of hydrogen-bond acceptors (Lipinski definition) is 2. The Balaban J connectivity index is 2.39. The Kier molecular flexibility index (Phi) is 6.26. The molecule has 1 fully saturated rings. The Labute approximate surface area is 94.6 Å². The van der Waals surface area contributed by atoms with Crippen molar-refractivity contribution in [1.82, 2.24) is 0 Å². The molecule has 2 N–H and O–H groups in total. The van der Waals surface area contributed by atoms with Crippen LogP contribution in [0.5, 0.6) is 0 Å². The molecule has 0 aromatic heterocycles. The molecule has 0 saturated heterocycles. The van der Waals surface area contributed by atoms with Crippen LogP contribution in [-0.4, -0.2) is 19.8 Å². The smallest absolute Gasteiger partial charge is 0.0471 e. The van der Waals surface area contributed by atoms with Crippen LogP contribution in [0.1, 0.15) is 58.3 Å². The second-order valence-corrected chi connectivity index (χ2v) is 4.92. The van der Waals surface area contributed by atoms with Crippen molar-refractivity contribution in [3.8, 4) is 0 Å². The highest BCUT2D eigenvalue weighted by atomic mass is 16.5. The van der Waals surface area contributed by atoms with E-state index in [9.17, 15) is 0 Å². The van der Waals surface area contributed by atoms with Gasteiger partial charge in [-0.05, 0) is 38.1 Å². The van der Waals surface area contributed by atoms with E-state index in [0.29, 0.717) is 5.41 Å². The van der Waals surface area contributed by atoms with Gasteiger partial charge in [-0.15, -0.1) is 0 Å². The van der Waals surface area contributed by atoms with Crippen LogP contribution in [0, 0.1) is 5.41 Å². The minimum Gasteiger partial charge on any atom is -0.382 e. The van der Waals surface area contributed by atoms with E-state index in [2.05, 4.69) is 6.92 Å². The van der Waals surface area contributed by atoms with Crippen LogP contribution in [0.25, 0.3) is 0 Å². The van der Waals surface area contributed by atoms with Gasteiger partial charge >= 0.3 is 0 Å². The fourth-order valence-corrected chi connectivity index (χ4v) is 2.64. The fourth-order valence-electron chi connectivity index (χ4n) is 2.64. The lowest BCUT2D eigenvalue weighted by Crippen LogP contribution is -2.32. The van der Waals surface area contributed by atoms with Gasteiger partial charge in [0, 0.05) is 13.2 Å². The second kappa shape index (κ2) is 7.24. The summed E-state index contributed by atoms with van der Waals surface area (Å²) in [5, 5.41) is 0. The predicted octanol–water partition coefficient (Wildman–Crippen LogP) is 3.10. The van der Waals surface area contributed by atoms with Crippen molar-refractivity contribution in [3.63, 3.8) is 0 Å². The van der Waals surface area contributed by atoms with Gasteiger partial charge in [-0.3, -0.25) is 0 Å². The molecule has 0 aromatic carbocycles. The largest absolute Gasteiger partial charge is 0.382 e. The van der Waals surface area contributed by atoms with Gasteiger partial charge in [-0.25, -0.2) is 0 Å². The van der Waals surface area contributed by atoms with Crippen LogP contribution < -0.4 is 5.73 Å². The van der Waals surface area contributed by atoms with Crippen LogP contribution in [0.4, 0.5) is 0 Å². The lowest BCUT2D eigenvalue weighted by molar-refractivity contribution is 0.0905. The van der Waals surface area contributed by atoms with E-state index >= 15 is 0 Å². The van der Waals surface area contributed by atoms with E-state index in [1.54, 1.807) is 0 Å². The molecule has 1 aliphatic carbocycles. The summed E-state index contributed by atoms with van der Waals surface area (Å²) in [6.45, 7) is 4.64. The molecule has 0 bridgehead atoms. The molecule has 2 heteroatoms. The zero-order valence-corrected chi connectivity index (χ0v) is 10.3. The first-order valence-electron chi connectivity index (χ1n) is 6.61. The monoisotopic (exact) mass is 213 g/mol. The van der Waals surface area contributed by atoms with Gasteiger partial charge in [-0.2, -0.15) is 0 Å². The summed E-state index contributed by atoms with van der Waals surface area (Å²) in [6, 6.07) is 0. The first kappa shape index (κ1) is 13.0. The summed E-state index contributed by atoms with van der Waals surface area (Å²) < 4.78 is 5.48. The Morgan fingerprint density at radius 2 is 1.67 bits per heavy atom. The van der Waals surface area contributed by atoms with E-state index in [1.165, 1.54) is 44.9 Å². The molecule has 1 aliphatic rings. The van der Waals surface area contributed by atoms with Gasteiger partial charge < -0.3 is 10.5 Å². The van der Waals surface area contributed by atoms with Crippen LogP contribution >= 0.6 is 0 Å². The van der Waals surface area contributed by atoms with Gasteiger partial charge in [0.1, 0.15) is 0 Å². The molecule has 2 nitrogen and oxygen atoms in total. The first-order valence-corrected chi connectivity index (χ1v) is 6.61. The van der Waals surface area contributed by atoms with Crippen LogP contribution in [0.2, 0.25) is 0 Å². The minimum absolute atomic E-state index is 0.398. The molecule has 1 saturated carbocycles. The topological polar surface area (TPSA) is 35.2 Å². The third kappa shape index (κ3) is 4.52. The van der Waals surface area contributed by atoms with Crippen molar-refractivity contribution < 1.29 is 4.74 Å². The van der Waals surface area contributed by atoms with Gasteiger partial charge in [0.15, 0.2) is 0 Å². The number of nitrogens with two attached hydrogens (primary N) is 1. The van der Waals surface area contributed by atoms with E-state index in [0.717, 1.165) is 26.2 Å². The molecular weight excluding hydrogens is 186 g/mol. The summed E-state index contributed by atoms with van der Waals surface area (Å²) >= 11 is 0. The van der Waals surface area contributed by atoms with Gasteiger partial charge in [0.2, 0.25) is 0 Å². The number of ether oxygens (including phenoxy) is 1. The maximum Gasteiger partial charge on any atom is 0.0471 e. The molecular formula is C13H27NO. The summed E-state index contributed by atoms with van der Waals surface area (Å²) in [4.78, 5) is 0. The number of rotatable bonds is 5. The molecule has 0 spiro atoms. The van der Waals surface area contributed by atoms with E-state index in [4.69, 9.17) is 10.5 Å². The fraction of sp³-hybridized carbons (Fsp3) is 1.00. The second-order valence-electron chi connectivity index (χ2n) is 4.92. The average molecular weight is 213 g/mol. The van der Waals surface area contributed by atoms with Crippen molar-refractivity contribution in [2.24, 2.45) is 11.1 Å². The molecule has 0 atom stereocenters. The van der Waals surface area contributed by atoms with Crippen molar-refractivity contribution in [3.05, 3.63) is 0 Å². The zero-order valence-electron chi connectivity index (χ0n) is 10.3. The molecule has 0 aromatic rings. The summed E-state index contributed by atoms with van der Waals surface area (Å²) in [5.41, 5.74) is 6.38. The molecule has 0 unspecified atom stereocenters. The molecule has 15 heavy (non-hydrogen) atoms. The molecule has 90 valence electrons. The normalized spacial score (nSPS) is 22.0. The van der Waals surface area contributed by atoms with Crippen molar-refractivity contribution >= 4 is 0 Å². The van der Waals surface area contributed by atoms with E-state index in [-0.39, 0.29) is 0 Å². The number of hydrogen-bond donors (Lipinski definition) is 1. The Morgan fingerprint density at radius 1 is 1.07 bits per heavy atom. The molecule has 0 radical (unpaired) electrons.